The van der Waals surface area contributed by atoms with Gasteiger partial charge in [0, 0.05) is 5.56 Å². The molecule has 1 aromatic carbocycles. The van der Waals surface area contributed by atoms with E-state index in [9.17, 15) is 8.78 Å². The van der Waals surface area contributed by atoms with Gasteiger partial charge in [0.15, 0.2) is 0 Å². The van der Waals surface area contributed by atoms with Crippen LogP contribution in [0.25, 0.3) is 0 Å². The molecule has 1 aliphatic rings. The molecule has 1 heterocycles. The molecule has 82 valence electrons. The maximum atomic E-state index is 14.5. The van der Waals surface area contributed by atoms with Crippen molar-refractivity contribution >= 4 is 0 Å². The van der Waals surface area contributed by atoms with Gasteiger partial charge in [0.05, 0.1) is 0 Å². The first-order chi connectivity index (χ1) is 7.12. The summed E-state index contributed by atoms with van der Waals surface area (Å²) in [6.07, 6.45) is 0.709. The van der Waals surface area contributed by atoms with Gasteiger partial charge in [0.25, 0.3) is 0 Å². The smallest absolute Gasteiger partial charge is 0.141 e. The van der Waals surface area contributed by atoms with Crippen molar-refractivity contribution in [2.45, 2.75) is 25.4 Å². The Morgan fingerprint density at radius 1 is 1.27 bits per heavy atom. The summed E-state index contributed by atoms with van der Waals surface area (Å²) in [5.41, 5.74) is -0.354. The van der Waals surface area contributed by atoms with Gasteiger partial charge in [-0.25, -0.2) is 8.78 Å². The van der Waals surface area contributed by atoms with Crippen molar-refractivity contribution in [2.24, 2.45) is 0 Å². The van der Waals surface area contributed by atoms with E-state index < -0.39 is 11.5 Å². The highest BCUT2D eigenvalue weighted by atomic mass is 19.1. The fourth-order valence-corrected chi connectivity index (χ4v) is 2.07. The van der Waals surface area contributed by atoms with E-state index in [1.807, 2.05) is 6.92 Å². The van der Waals surface area contributed by atoms with Crippen LogP contribution < -0.4 is 5.32 Å². The second-order valence-corrected chi connectivity index (χ2v) is 4.20. The van der Waals surface area contributed by atoms with Crippen LogP contribution in [0, 0.1) is 12.7 Å². The zero-order chi connectivity index (χ0) is 10.9. The molecule has 15 heavy (non-hydrogen) atoms. The molecule has 1 aliphatic heterocycles. The molecule has 0 unspecified atom stereocenters. The van der Waals surface area contributed by atoms with E-state index in [0.717, 1.165) is 5.56 Å². The Kier molecular flexibility index (Phi) is 2.74. The Hall–Kier alpha value is -0.960. The maximum absolute atomic E-state index is 14.5. The van der Waals surface area contributed by atoms with Gasteiger partial charge in [0.1, 0.15) is 11.5 Å². The van der Waals surface area contributed by atoms with Gasteiger partial charge in [-0.3, -0.25) is 0 Å². The second kappa shape index (κ2) is 3.89. The molecular formula is C12H15F2N. The number of rotatable bonds is 1. The average molecular weight is 211 g/mol. The van der Waals surface area contributed by atoms with Crippen molar-refractivity contribution in [3.05, 3.63) is 35.1 Å². The van der Waals surface area contributed by atoms with E-state index in [1.54, 1.807) is 12.1 Å². The molecule has 3 heteroatoms. The number of benzene rings is 1. The third-order valence-electron chi connectivity index (χ3n) is 3.00. The quantitative estimate of drug-likeness (QED) is 0.753. The summed E-state index contributed by atoms with van der Waals surface area (Å²) in [6.45, 7) is 3.08. The topological polar surface area (TPSA) is 12.0 Å². The first-order valence-corrected chi connectivity index (χ1v) is 5.28. The van der Waals surface area contributed by atoms with Crippen LogP contribution in [0.1, 0.15) is 24.0 Å². The zero-order valence-corrected chi connectivity index (χ0v) is 8.82. The van der Waals surface area contributed by atoms with Gasteiger partial charge < -0.3 is 5.32 Å². The van der Waals surface area contributed by atoms with E-state index in [-0.39, 0.29) is 5.56 Å². The van der Waals surface area contributed by atoms with Gasteiger partial charge >= 0.3 is 0 Å². The Morgan fingerprint density at radius 3 is 2.60 bits per heavy atom. The van der Waals surface area contributed by atoms with Crippen molar-refractivity contribution in [1.29, 1.82) is 0 Å². The summed E-state index contributed by atoms with van der Waals surface area (Å²) in [7, 11) is 0. The summed E-state index contributed by atoms with van der Waals surface area (Å²) in [6, 6.07) is 4.65. The highest BCUT2D eigenvalue weighted by Gasteiger charge is 2.35. The van der Waals surface area contributed by atoms with Crippen LogP contribution in [-0.2, 0) is 5.67 Å². The molecule has 2 rings (SSSR count). The highest BCUT2D eigenvalue weighted by molar-refractivity contribution is 5.29. The van der Waals surface area contributed by atoms with Gasteiger partial charge in [0.2, 0.25) is 0 Å². The molecule has 1 aromatic rings. The number of hydrogen-bond acceptors (Lipinski definition) is 1. The molecule has 0 aromatic heterocycles. The van der Waals surface area contributed by atoms with E-state index in [0.29, 0.717) is 25.9 Å². The molecule has 1 fully saturated rings. The number of aryl methyl sites for hydroxylation is 1. The molecule has 0 spiro atoms. The molecule has 0 bridgehead atoms. The summed E-state index contributed by atoms with van der Waals surface area (Å²) in [5.74, 6) is -0.426. The van der Waals surface area contributed by atoms with Gasteiger partial charge in [-0.15, -0.1) is 0 Å². The summed E-state index contributed by atoms with van der Waals surface area (Å²) in [5, 5.41) is 3.08. The Balaban J connectivity index is 2.38. The van der Waals surface area contributed by atoms with Crippen molar-refractivity contribution in [1.82, 2.24) is 5.32 Å². The van der Waals surface area contributed by atoms with E-state index >= 15 is 0 Å². The molecule has 0 amide bonds. The second-order valence-electron chi connectivity index (χ2n) is 4.20. The summed E-state index contributed by atoms with van der Waals surface area (Å²) in [4.78, 5) is 0. The Morgan fingerprint density at radius 2 is 1.93 bits per heavy atom. The van der Waals surface area contributed by atoms with Crippen LogP contribution in [0.4, 0.5) is 8.78 Å². The molecule has 1 nitrogen and oxygen atoms in total. The molecule has 0 saturated carbocycles. The number of hydrogen-bond donors (Lipinski definition) is 1. The lowest BCUT2D eigenvalue weighted by Crippen LogP contribution is -2.37. The minimum Gasteiger partial charge on any atom is -0.316 e. The standard InChI is InChI=1S/C12H15F2N/c1-9-2-3-11(13)10(8-9)12(14)4-6-15-7-5-12/h2-3,8,15H,4-7H2,1H3. The summed E-state index contributed by atoms with van der Waals surface area (Å²) >= 11 is 0. The Labute approximate surface area is 88.5 Å². The van der Waals surface area contributed by atoms with Crippen molar-refractivity contribution in [3.8, 4) is 0 Å². The Bertz CT molecular complexity index is 357. The maximum Gasteiger partial charge on any atom is 0.141 e. The van der Waals surface area contributed by atoms with Crippen LogP contribution in [0.5, 0.6) is 0 Å². The lowest BCUT2D eigenvalue weighted by atomic mass is 9.86. The third-order valence-corrected chi connectivity index (χ3v) is 3.00. The van der Waals surface area contributed by atoms with Crippen molar-refractivity contribution in [2.75, 3.05) is 13.1 Å². The highest BCUT2D eigenvalue weighted by Crippen LogP contribution is 2.36. The van der Waals surface area contributed by atoms with Crippen LogP contribution in [-0.4, -0.2) is 13.1 Å². The lowest BCUT2D eigenvalue weighted by Gasteiger charge is -2.30. The largest absolute Gasteiger partial charge is 0.316 e. The lowest BCUT2D eigenvalue weighted by molar-refractivity contribution is 0.110. The van der Waals surface area contributed by atoms with Crippen LogP contribution in [0.2, 0.25) is 0 Å². The molecule has 0 atom stereocenters. The van der Waals surface area contributed by atoms with Crippen LogP contribution in [0.3, 0.4) is 0 Å². The van der Waals surface area contributed by atoms with Gasteiger partial charge in [-0.1, -0.05) is 11.6 Å². The molecule has 1 saturated heterocycles. The molecule has 0 aliphatic carbocycles. The minimum atomic E-state index is -1.48. The molecule has 1 N–H and O–H groups in total. The minimum absolute atomic E-state index is 0.226. The normalized spacial score (nSPS) is 20.2. The average Bonchev–Trinajstić information content (AvgIpc) is 2.23. The summed E-state index contributed by atoms with van der Waals surface area (Å²) < 4.78 is 28.0. The predicted octanol–water partition coefficient (Wildman–Crippen LogP) is 2.68. The number of halogens is 2. The number of piperidine rings is 1. The number of alkyl halides is 1. The van der Waals surface area contributed by atoms with Crippen LogP contribution >= 0.6 is 0 Å². The first-order valence-electron chi connectivity index (χ1n) is 5.28. The fraction of sp³-hybridized carbons (Fsp3) is 0.500. The van der Waals surface area contributed by atoms with Crippen molar-refractivity contribution < 1.29 is 8.78 Å². The predicted molar refractivity (Wildman–Crippen MR) is 56.0 cm³/mol. The van der Waals surface area contributed by atoms with Crippen LogP contribution in [0.15, 0.2) is 18.2 Å². The van der Waals surface area contributed by atoms with E-state index in [1.165, 1.54) is 6.07 Å². The van der Waals surface area contributed by atoms with Gasteiger partial charge in [-0.2, -0.15) is 0 Å². The molecule has 0 radical (unpaired) electrons. The van der Waals surface area contributed by atoms with E-state index in [4.69, 9.17) is 0 Å². The molecular weight excluding hydrogens is 196 g/mol. The monoisotopic (exact) mass is 211 g/mol. The fourth-order valence-electron chi connectivity index (χ4n) is 2.07. The zero-order valence-electron chi connectivity index (χ0n) is 8.82. The van der Waals surface area contributed by atoms with Crippen molar-refractivity contribution in [3.63, 3.8) is 0 Å². The third kappa shape index (κ3) is 2.02. The first kappa shape index (κ1) is 10.6. The van der Waals surface area contributed by atoms with Gasteiger partial charge in [-0.05, 0) is 45.0 Å². The number of nitrogens with one attached hydrogen (secondary N) is 1. The SMILES string of the molecule is Cc1ccc(F)c(C2(F)CCNCC2)c1. The van der Waals surface area contributed by atoms with E-state index in [2.05, 4.69) is 5.32 Å².